The molecule has 1 aliphatic heterocycles. The fourth-order valence-electron chi connectivity index (χ4n) is 3.91. The number of halogens is 1. The third-order valence-corrected chi connectivity index (χ3v) is 5.69. The average Bonchev–Trinajstić information content (AvgIpc) is 2.98. The first-order valence-electron chi connectivity index (χ1n) is 9.91. The summed E-state index contributed by atoms with van der Waals surface area (Å²) < 4.78 is 13.9. The lowest BCUT2D eigenvalue weighted by atomic mass is 9.88. The van der Waals surface area contributed by atoms with Crippen molar-refractivity contribution in [3.05, 3.63) is 83.7 Å². The first-order valence-corrected chi connectivity index (χ1v) is 9.91. The summed E-state index contributed by atoms with van der Waals surface area (Å²) in [5.41, 5.74) is -0.266. The number of urea groups is 1. The first-order chi connectivity index (χ1) is 14.8. The summed E-state index contributed by atoms with van der Waals surface area (Å²) in [5, 5.41) is 4.55. The zero-order chi connectivity index (χ0) is 22.2. The van der Waals surface area contributed by atoms with Crippen LogP contribution in [0.15, 0.2) is 66.7 Å². The number of carbonyl (C=O) groups is 3. The van der Waals surface area contributed by atoms with E-state index in [1.54, 1.807) is 31.2 Å². The van der Waals surface area contributed by atoms with E-state index in [0.717, 1.165) is 15.7 Å². The molecule has 1 fully saturated rings. The van der Waals surface area contributed by atoms with E-state index in [9.17, 15) is 18.8 Å². The Morgan fingerprint density at radius 1 is 1.03 bits per heavy atom. The predicted octanol–water partition coefficient (Wildman–Crippen LogP) is 3.40. The molecular weight excluding hydrogens is 397 g/mol. The highest BCUT2D eigenvalue weighted by Gasteiger charge is 2.50. The van der Waals surface area contributed by atoms with Crippen molar-refractivity contribution in [1.82, 2.24) is 15.1 Å². The highest BCUT2D eigenvalue weighted by Crippen LogP contribution is 2.33. The summed E-state index contributed by atoms with van der Waals surface area (Å²) in [4.78, 5) is 40.8. The highest BCUT2D eigenvalue weighted by atomic mass is 19.1. The van der Waals surface area contributed by atoms with Crippen LogP contribution in [0.2, 0.25) is 0 Å². The molecule has 158 valence electrons. The van der Waals surface area contributed by atoms with Gasteiger partial charge in [0.05, 0.1) is 0 Å². The SMILES string of the molecule is CN(Cc1ccccc1F)C(=O)CN1C(=O)NC(C)(c2cccc3ccccc23)C1=O. The minimum atomic E-state index is -1.29. The number of carbonyl (C=O) groups excluding carboxylic acids is 3. The molecule has 31 heavy (non-hydrogen) atoms. The van der Waals surface area contributed by atoms with Gasteiger partial charge in [-0.3, -0.25) is 14.5 Å². The molecule has 1 saturated heterocycles. The number of hydrogen-bond donors (Lipinski definition) is 1. The van der Waals surface area contributed by atoms with Gasteiger partial charge in [0.2, 0.25) is 5.91 Å². The normalized spacial score (nSPS) is 18.4. The molecule has 1 atom stereocenters. The van der Waals surface area contributed by atoms with Crippen molar-refractivity contribution < 1.29 is 18.8 Å². The molecule has 4 rings (SSSR count). The molecule has 0 radical (unpaired) electrons. The van der Waals surface area contributed by atoms with Gasteiger partial charge in [-0.05, 0) is 29.3 Å². The van der Waals surface area contributed by atoms with E-state index in [1.807, 2.05) is 36.4 Å². The Morgan fingerprint density at radius 3 is 2.48 bits per heavy atom. The van der Waals surface area contributed by atoms with Crippen LogP contribution in [0.3, 0.4) is 0 Å². The van der Waals surface area contributed by atoms with Gasteiger partial charge in [-0.2, -0.15) is 0 Å². The second-order valence-electron chi connectivity index (χ2n) is 7.81. The fourth-order valence-corrected chi connectivity index (χ4v) is 3.91. The van der Waals surface area contributed by atoms with Crippen LogP contribution < -0.4 is 5.32 Å². The predicted molar refractivity (Wildman–Crippen MR) is 114 cm³/mol. The molecule has 1 unspecified atom stereocenters. The van der Waals surface area contributed by atoms with Crippen LogP contribution in [0.1, 0.15) is 18.1 Å². The number of rotatable bonds is 5. The Labute approximate surface area is 179 Å². The van der Waals surface area contributed by atoms with Gasteiger partial charge >= 0.3 is 6.03 Å². The molecule has 1 aliphatic rings. The second-order valence-corrected chi connectivity index (χ2v) is 7.81. The number of hydrogen-bond acceptors (Lipinski definition) is 3. The highest BCUT2D eigenvalue weighted by molar-refractivity contribution is 6.10. The second kappa shape index (κ2) is 7.83. The van der Waals surface area contributed by atoms with Crippen LogP contribution in [-0.2, 0) is 21.7 Å². The van der Waals surface area contributed by atoms with Gasteiger partial charge in [0.1, 0.15) is 17.9 Å². The van der Waals surface area contributed by atoms with E-state index in [0.29, 0.717) is 11.1 Å². The quantitative estimate of drug-likeness (QED) is 0.645. The van der Waals surface area contributed by atoms with E-state index in [1.165, 1.54) is 18.0 Å². The summed E-state index contributed by atoms with van der Waals surface area (Å²) in [6, 6.07) is 18.7. The summed E-state index contributed by atoms with van der Waals surface area (Å²) in [6.45, 7) is 1.26. The Morgan fingerprint density at radius 2 is 1.71 bits per heavy atom. The summed E-state index contributed by atoms with van der Waals surface area (Å²) in [7, 11) is 1.51. The van der Waals surface area contributed by atoms with E-state index in [-0.39, 0.29) is 6.54 Å². The van der Waals surface area contributed by atoms with Crippen LogP contribution in [0.5, 0.6) is 0 Å². The Balaban J connectivity index is 1.55. The molecule has 0 bridgehead atoms. The minimum absolute atomic E-state index is 0.0374. The van der Waals surface area contributed by atoms with Gasteiger partial charge in [0.25, 0.3) is 5.91 Å². The molecule has 3 aromatic carbocycles. The van der Waals surface area contributed by atoms with Gasteiger partial charge < -0.3 is 10.2 Å². The topological polar surface area (TPSA) is 69.7 Å². The molecule has 4 amide bonds. The van der Waals surface area contributed by atoms with E-state index in [4.69, 9.17) is 0 Å². The van der Waals surface area contributed by atoms with Crippen molar-refractivity contribution >= 4 is 28.6 Å². The van der Waals surface area contributed by atoms with E-state index in [2.05, 4.69) is 5.32 Å². The maximum atomic E-state index is 13.9. The molecule has 0 saturated carbocycles. The molecule has 1 N–H and O–H groups in total. The van der Waals surface area contributed by atoms with Crippen LogP contribution in [0.25, 0.3) is 10.8 Å². The van der Waals surface area contributed by atoms with Crippen LogP contribution in [0, 0.1) is 5.82 Å². The molecule has 7 heteroatoms. The van der Waals surface area contributed by atoms with Crippen molar-refractivity contribution in [2.24, 2.45) is 0 Å². The number of imide groups is 1. The van der Waals surface area contributed by atoms with Crippen molar-refractivity contribution in [3.8, 4) is 0 Å². The zero-order valence-electron chi connectivity index (χ0n) is 17.3. The lowest BCUT2D eigenvalue weighted by Gasteiger charge is -2.24. The fraction of sp³-hybridized carbons (Fsp3) is 0.208. The summed E-state index contributed by atoms with van der Waals surface area (Å²) >= 11 is 0. The zero-order valence-corrected chi connectivity index (χ0v) is 17.3. The van der Waals surface area contributed by atoms with Crippen molar-refractivity contribution in [3.63, 3.8) is 0 Å². The smallest absolute Gasteiger partial charge is 0.325 e. The van der Waals surface area contributed by atoms with Gasteiger partial charge in [-0.1, -0.05) is 60.7 Å². The first kappa shape index (κ1) is 20.5. The number of likely N-dealkylation sites (N-methyl/N-ethyl adjacent to an activating group) is 1. The molecule has 0 aromatic heterocycles. The summed E-state index contributed by atoms with van der Waals surface area (Å²) in [5.74, 6) is -1.38. The lowest BCUT2D eigenvalue weighted by molar-refractivity contribution is -0.138. The van der Waals surface area contributed by atoms with Gasteiger partial charge in [-0.15, -0.1) is 0 Å². The van der Waals surface area contributed by atoms with Crippen LogP contribution in [-0.4, -0.2) is 41.2 Å². The van der Waals surface area contributed by atoms with Crippen molar-refractivity contribution in [2.45, 2.75) is 19.0 Å². The van der Waals surface area contributed by atoms with E-state index >= 15 is 0 Å². The largest absolute Gasteiger partial charge is 0.340 e. The standard InChI is InChI=1S/C24H22FN3O3/c1-24(19-12-7-10-16-8-3-5-11-18(16)19)22(30)28(23(31)26-24)15-21(29)27(2)14-17-9-4-6-13-20(17)25/h3-13H,14-15H2,1-2H3,(H,26,31). The molecule has 3 aromatic rings. The van der Waals surface area contributed by atoms with Crippen LogP contribution >= 0.6 is 0 Å². The third kappa shape index (κ3) is 3.63. The molecular formula is C24H22FN3O3. The minimum Gasteiger partial charge on any atom is -0.340 e. The van der Waals surface area contributed by atoms with Crippen molar-refractivity contribution in [2.75, 3.05) is 13.6 Å². The third-order valence-electron chi connectivity index (χ3n) is 5.69. The Kier molecular flexibility index (Phi) is 5.19. The summed E-state index contributed by atoms with van der Waals surface area (Å²) in [6.07, 6.45) is 0. The number of amides is 4. The maximum Gasteiger partial charge on any atom is 0.325 e. The maximum absolute atomic E-state index is 13.9. The molecule has 1 heterocycles. The van der Waals surface area contributed by atoms with Gasteiger partial charge in [0, 0.05) is 19.2 Å². The van der Waals surface area contributed by atoms with E-state index < -0.39 is 35.7 Å². The Bertz CT molecular complexity index is 1190. The Hall–Kier alpha value is -3.74. The average molecular weight is 419 g/mol. The van der Waals surface area contributed by atoms with Crippen LogP contribution in [0.4, 0.5) is 9.18 Å². The number of benzene rings is 3. The van der Waals surface area contributed by atoms with Gasteiger partial charge in [-0.25, -0.2) is 9.18 Å². The number of nitrogens with one attached hydrogen (secondary N) is 1. The molecule has 0 spiro atoms. The number of fused-ring (bicyclic) bond motifs is 1. The van der Waals surface area contributed by atoms with Gasteiger partial charge in [0.15, 0.2) is 0 Å². The van der Waals surface area contributed by atoms with Crippen molar-refractivity contribution in [1.29, 1.82) is 0 Å². The number of nitrogens with zero attached hydrogens (tertiary/aromatic N) is 2. The molecule has 6 nitrogen and oxygen atoms in total. The lowest BCUT2D eigenvalue weighted by Crippen LogP contribution is -2.43. The molecule has 0 aliphatic carbocycles. The monoisotopic (exact) mass is 419 g/mol.